The topological polar surface area (TPSA) is 12.0 Å². The van der Waals surface area contributed by atoms with E-state index in [0.29, 0.717) is 5.41 Å². The molecule has 2 aliphatic rings. The minimum atomic E-state index is 0. The third kappa shape index (κ3) is 1.91. The lowest BCUT2D eigenvalue weighted by atomic mass is 9.59. The Bertz CT molecular complexity index is 309. The van der Waals surface area contributed by atoms with Gasteiger partial charge in [0.05, 0.1) is 0 Å². The van der Waals surface area contributed by atoms with Crippen molar-refractivity contribution in [2.45, 2.75) is 25.2 Å². The van der Waals surface area contributed by atoms with Crippen LogP contribution in [0.15, 0.2) is 30.3 Å². The van der Waals surface area contributed by atoms with Crippen LogP contribution in [0.25, 0.3) is 0 Å². The molecular formula is C13H18ClN. The zero-order chi connectivity index (χ0) is 9.43. The average molecular weight is 224 g/mol. The summed E-state index contributed by atoms with van der Waals surface area (Å²) < 4.78 is 0. The molecule has 3 rings (SSSR count). The van der Waals surface area contributed by atoms with Gasteiger partial charge in [-0.15, -0.1) is 12.4 Å². The second-order valence-electron chi connectivity index (χ2n) is 4.94. The summed E-state index contributed by atoms with van der Waals surface area (Å²) in [5.41, 5.74) is 2.23. The van der Waals surface area contributed by atoms with E-state index >= 15 is 0 Å². The van der Waals surface area contributed by atoms with Crippen LogP contribution in [0.1, 0.15) is 30.7 Å². The van der Waals surface area contributed by atoms with Gasteiger partial charge in [0.15, 0.2) is 0 Å². The van der Waals surface area contributed by atoms with Gasteiger partial charge < -0.3 is 5.32 Å². The van der Waals surface area contributed by atoms with Crippen LogP contribution in [-0.2, 0) is 0 Å². The van der Waals surface area contributed by atoms with Gasteiger partial charge in [0, 0.05) is 6.54 Å². The summed E-state index contributed by atoms with van der Waals surface area (Å²) in [5.74, 6) is 0.844. The van der Waals surface area contributed by atoms with Gasteiger partial charge in [-0.1, -0.05) is 30.3 Å². The summed E-state index contributed by atoms with van der Waals surface area (Å²) >= 11 is 0. The van der Waals surface area contributed by atoms with Gasteiger partial charge in [-0.2, -0.15) is 0 Å². The molecule has 0 radical (unpaired) electrons. The number of hydrogen-bond donors (Lipinski definition) is 1. The molecule has 1 aliphatic heterocycles. The van der Waals surface area contributed by atoms with E-state index in [0.717, 1.165) is 5.92 Å². The highest BCUT2D eigenvalue weighted by molar-refractivity contribution is 5.85. The molecule has 1 saturated heterocycles. The van der Waals surface area contributed by atoms with Gasteiger partial charge in [-0.3, -0.25) is 0 Å². The molecule has 82 valence electrons. The van der Waals surface area contributed by atoms with E-state index in [4.69, 9.17) is 0 Å². The third-order valence-corrected chi connectivity index (χ3v) is 3.96. The molecule has 1 heterocycles. The number of benzene rings is 1. The molecule has 1 aromatic rings. The largest absolute Gasteiger partial charge is 0.316 e. The summed E-state index contributed by atoms with van der Waals surface area (Å²) in [6.45, 7) is 2.50. The molecule has 1 aromatic carbocycles. The Morgan fingerprint density at radius 2 is 1.87 bits per heavy atom. The highest BCUT2D eigenvalue weighted by Crippen LogP contribution is 2.54. The number of hydrogen-bond acceptors (Lipinski definition) is 1. The molecule has 1 N–H and O–H groups in total. The predicted octanol–water partition coefficient (Wildman–Crippen LogP) is 2.97. The SMILES string of the molecule is Cl.c1ccc(C2CC3(CCNC3)C2)cc1. The first-order valence-corrected chi connectivity index (χ1v) is 5.64. The van der Waals surface area contributed by atoms with E-state index in [9.17, 15) is 0 Å². The minimum absolute atomic E-state index is 0. The summed E-state index contributed by atoms with van der Waals surface area (Å²) in [5, 5.41) is 3.49. The van der Waals surface area contributed by atoms with Gasteiger partial charge in [-0.25, -0.2) is 0 Å². The lowest BCUT2D eigenvalue weighted by molar-refractivity contribution is 0.127. The van der Waals surface area contributed by atoms with Crippen LogP contribution in [-0.4, -0.2) is 13.1 Å². The first-order valence-electron chi connectivity index (χ1n) is 5.64. The lowest BCUT2D eigenvalue weighted by Gasteiger charge is -2.45. The van der Waals surface area contributed by atoms with Crippen LogP contribution in [0.3, 0.4) is 0 Å². The number of rotatable bonds is 1. The Hall–Kier alpha value is -0.530. The summed E-state index contributed by atoms with van der Waals surface area (Å²) in [4.78, 5) is 0. The average Bonchev–Trinajstić information content (AvgIpc) is 2.65. The molecule has 0 atom stereocenters. The van der Waals surface area contributed by atoms with Crippen molar-refractivity contribution >= 4 is 12.4 Å². The van der Waals surface area contributed by atoms with Crippen LogP contribution in [0.2, 0.25) is 0 Å². The molecular weight excluding hydrogens is 206 g/mol. The van der Waals surface area contributed by atoms with Crippen LogP contribution in [0.4, 0.5) is 0 Å². The Morgan fingerprint density at radius 1 is 1.13 bits per heavy atom. The third-order valence-electron chi connectivity index (χ3n) is 3.96. The lowest BCUT2D eigenvalue weighted by Crippen LogP contribution is -2.37. The Labute approximate surface area is 97.7 Å². The van der Waals surface area contributed by atoms with Gasteiger partial charge >= 0.3 is 0 Å². The molecule has 1 nitrogen and oxygen atoms in total. The van der Waals surface area contributed by atoms with Crippen LogP contribution >= 0.6 is 12.4 Å². The van der Waals surface area contributed by atoms with E-state index < -0.39 is 0 Å². The summed E-state index contributed by atoms with van der Waals surface area (Å²) in [6.07, 6.45) is 4.21. The standard InChI is InChI=1S/C13H17N.ClH/c1-2-4-11(5-3-1)12-8-13(9-12)6-7-14-10-13;/h1-5,12,14H,6-10H2;1H. The van der Waals surface area contributed by atoms with Crippen molar-refractivity contribution in [3.63, 3.8) is 0 Å². The molecule has 0 aromatic heterocycles. The van der Waals surface area contributed by atoms with Crippen molar-refractivity contribution in [2.24, 2.45) is 5.41 Å². The van der Waals surface area contributed by atoms with E-state index in [1.165, 1.54) is 32.4 Å². The highest BCUT2D eigenvalue weighted by Gasteiger charge is 2.45. The Morgan fingerprint density at radius 3 is 2.47 bits per heavy atom. The van der Waals surface area contributed by atoms with Crippen LogP contribution in [0.5, 0.6) is 0 Å². The molecule has 2 fully saturated rings. The Balaban J connectivity index is 0.000000853. The normalized spacial score (nSPS) is 33.5. The van der Waals surface area contributed by atoms with Crippen molar-refractivity contribution in [1.82, 2.24) is 5.32 Å². The smallest absolute Gasteiger partial charge is 0.000872 e. The fraction of sp³-hybridized carbons (Fsp3) is 0.538. The molecule has 0 amide bonds. The molecule has 0 unspecified atom stereocenters. The minimum Gasteiger partial charge on any atom is -0.316 e. The number of halogens is 1. The molecule has 1 aliphatic carbocycles. The van der Waals surface area contributed by atoms with Gasteiger partial charge in [0.1, 0.15) is 0 Å². The van der Waals surface area contributed by atoms with Crippen LogP contribution < -0.4 is 5.32 Å². The second-order valence-corrected chi connectivity index (χ2v) is 4.94. The maximum absolute atomic E-state index is 3.49. The van der Waals surface area contributed by atoms with E-state index in [2.05, 4.69) is 35.6 Å². The molecule has 15 heavy (non-hydrogen) atoms. The number of nitrogens with one attached hydrogen (secondary N) is 1. The van der Waals surface area contributed by atoms with Gasteiger partial charge in [-0.05, 0) is 42.7 Å². The van der Waals surface area contributed by atoms with E-state index in [1.807, 2.05) is 0 Å². The zero-order valence-corrected chi connectivity index (χ0v) is 9.72. The first-order chi connectivity index (χ1) is 6.88. The Kier molecular flexibility index (Phi) is 3.03. The van der Waals surface area contributed by atoms with Crippen molar-refractivity contribution < 1.29 is 0 Å². The summed E-state index contributed by atoms with van der Waals surface area (Å²) in [6, 6.07) is 11.0. The second kappa shape index (κ2) is 4.15. The zero-order valence-electron chi connectivity index (χ0n) is 8.91. The fourth-order valence-electron chi connectivity index (χ4n) is 3.09. The highest BCUT2D eigenvalue weighted by atomic mass is 35.5. The monoisotopic (exact) mass is 223 g/mol. The van der Waals surface area contributed by atoms with Crippen molar-refractivity contribution in [3.05, 3.63) is 35.9 Å². The van der Waals surface area contributed by atoms with Crippen molar-refractivity contribution in [2.75, 3.05) is 13.1 Å². The maximum Gasteiger partial charge on any atom is 0.000872 e. The predicted molar refractivity (Wildman–Crippen MR) is 65.6 cm³/mol. The van der Waals surface area contributed by atoms with E-state index in [-0.39, 0.29) is 12.4 Å². The van der Waals surface area contributed by atoms with E-state index in [1.54, 1.807) is 5.56 Å². The molecule has 0 bridgehead atoms. The molecule has 1 spiro atoms. The van der Waals surface area contributed by atoms with Gasteiger partial charge in [0.25, 0.3) is 0 Å². The summed E-state index contributed by atoms with van der Waals surface area (Å²) in [7, 11) is 0. The van der Waals surface area contributed by atoms with Crippen molar-refractivity contribution in [1.29, 1.82) is 0 Å². The van der Waals surface area contributed by atoms with Crippen LogP contribution in [0, 0.1) is 5.41 Å². The van der Waals surface area contributed by atoms with Crippen molar-refractivity contribution in [3.8, 4) is 0 Å². The maximum atomic E-state index is 3.49. The molecule has 2 heteroatoms. The fourth-order valence-corrected chi connectivity index (χ4v) is 3.09. The molecule has 1 saturated carbocycles. The van der Waals surface area contributed by atoms with Gasteiger partial charge in [0.2, 0.25) is 0 Å². The quantitative estimate of drug-likeness (QED) is 0.772. The first kappa shape index (κ1) is 11.0.